The Bertz CT molecular complexity index is 512. The van der Waals surface area contributed by atoms with Gasteiger partial charge in [0.05, 0.1) is 0 Å². The Morgan fingerprint density at radius 2 is 1.88 bits per heavy atom. The number of aryl methyl sites for hydroxylation is 1. The van der Waals surface area contributed by atoms with Gasteiger partial charge in [0.2, 0.25) is 0 Å². The molecule has 16 heavy (non-hydrogen) atoms. The van der Waals surface area contributed by atoms with Crippen LogP contribution in [0.2, 0.25) is 0 Å². The van der Waals surface area contributed by atoms with Gasteiger partial charge in [0.25, 0.3) is 0 Å². The number of benzene rings is 2. The van der Waals surface area contributed by atoms with E-state index in [0.29, 0.717) is 6.54 Å². The van der Waals surface area contributed by atoms with Crippen LogP contribution in [0, 0.1) is 6.92 Å². The maximum absolute atomic E-state index is 5.86. The fourth-order valence-electron chi connectivity index (χ4n) is 2.10. The zero-order valence-electron chi connectivity index (χ0n) is 10.2. The molecule has 0 spiro atoms. The average Bonchev–Trinajstić information content (AvgIpc) is 2.27. The van der Waals surface area contributed by atoms with Gasteiger partial charge in [-0.15, -0.1) is 0 Å². The fourth-order valence-corrected chi connectivity index (χ4v) is 2.10. The van der Waals surface area contributed by atoms with Gasteiger partial charge in [0.15, 0.2) is 0 Å². The summed E-state index contributed by atoms with van der Waals surface area (Å²) in [5.41, 5.74) is 8.54. The fraction of sp³-hybridized carbons (Fsp3) is 0.333. The molecular weight excluding hydrogens is 194 g/mol. The van der Waals surface area contributed by atoms with Crippen LogP contribution in [0.1, 0.15) is 25.0 Å². The van der Waals surface area contributed by atoms with Crippen molar-refractivity contribution >= 4 is 10.8 Å². The topological polar surface area (TPSA) is 26.0 Å². The molecule has 0 fully saturated rings. The van der Waals surface area contributed by atoms with E-state index in [2.05, 4.69) is 57.2 Å². The van der Waals surface area contributed by atoms with Gasteiger partial charge < -0.3 is 5.73 Å². The zero-order chi connectivity index (χ0) is 11.8. The van der Waals surface area contributed by atoms with Gasteiger partial charge in [0, 0.05) is 12.0 Å². The number of nitrogens with two attached hydrogens (primary N) is 1. The van der Waals surface area contributed by atoms with E-state index in [9.17, 15) is 0 Å². The number of rotatable bonds is 2. The summed E-state index contributed by atoms with van der Waals surface area (Å²) in [7, 11) is 0. The molecule has 0 aliphatic heterocycles. The SMILES string of the molecule is Cc1ccc2c(C(C)(C)CN)cccc2c1. The highest BCUT2D eigenvalue weighted by Crippen LogP contribution is 2.29. The van der Waals surface area contributed by atoms with Gasteiger partial charge in [0.1, 0.15) is 0 Å². The van der Waals surface area contributed by atoms with E-state index in [1.54, 1.807) is 0 Å². The predicted octanol–water partition coefficient (Wildman–Crippen LogP) is 3.38. The summed E-state index contributed by atoms with van der Waals surface area (Å²) in [6.07, 6.45) is 0. The second-order valence-electron chi connectivity index (χ2n) is 5.12. The standard InChI is InChI=1S/C15H19N/c1-11-7-8-13-12(9-11)5-4-6-14(13)15(2,3)10-16/h4-9H,10,16H2,1-3H3. The Hall–Kier alpha value is -1.34. The Morgan fingerprint density at radius 3 is 2.56 bits per heavy atom. The molecule has 0 saturated heterocycles. The average molecular weight is 213 g/mol. The molecule has 0 aliphatic carbocycles. The van der Waals surface area contributed by atoms with Crippen LogP contribution < -0.4 is 5.73 Å². The lowest BCUT2D eigenvalue weighted by Crippen LogP contribution is -2.28. The second-order valence-corrected chi connectivity index (χ2v) is 5.12. The van der Waals surface area contributed by atoms with Crippen molar-refractivity contribution in [1.82, 2.24) is 0 Å². The minimum Gasteiger partial charge on any atom is -0.330 e. The smallest absolute Gasteiger partial charge is 0.00252 e. The molecule has 2 aromatic carbocycles. The quantitative estimate of drug-likeness (QED) is 0.813. The molecule has 0 radical (unpaired) electrons. The first-order valence-electron chi connectivity index (χ1n) is 5.74. The molecule has 0 bridgehead atoms. The van der Waals surface area contributed by atoms with E-state index in [-0.39, 0.29) is 5.41 Å². The second kappa shape index (κ2) is 3.91. The van der Waals surface area contributed by atoms with Crippen LogP contribution in [0.3, 0.4) is 0 Å². The zero-order valence-corrected chi connectivity index (χ0v) is 10.2. The molecule has 2 aromatic rings. The normalized spacial score (nSPS) is 12.0. The summed E-state index contributed by atoms with van der Waals surface area (Å²) in [4.78, 5) is 0. The molecule has 0 heterocycles. The summed E-state index contributed by atoms with van der Waals surface area (Å²) in [5, 5.41) is 2.63. The number of hydrogen-bond acceptors (Lipinski definition) is 1. The highest BCUT2D eigenvalue weighted by molar-refractivity contribution is 5.87. The molecule has 2 N–H and O–H groups in total. The predicted molar refractivity (Wildman–Crippen MR) is 70.8 cm³/mol. The third-order valence-electron chi connectivity index (χ3n) is 3.28. The van der Waals surface area contributed by atoms with Crippen LogP contribution in [0.4, 0.5) is 0 Å². The molecule has 0 amide bonds. The maximum atomic E-state index is 5.86. The minimum atomic E-state index is 0.0365. The lowest BCUT2D eigenvalue weighted by Gasteiger charge is -2.25. The van der Waals surface area contributed by atoms with Crippen LogP contribution in [-0.4, -0.2) is 6.54 Å². The molecule has 0 aliphatic rings. The third kappa shape index (κ3) is 1.83. The van der Waals surface area contributed by atoms with Crippen LogP contribution in [0.5, 0.6) is 0 Å². The Morgan fingerprint density at radius 1 is 1.12 bits per heavy atom. The summed E-state index contributed by atoms with van der Waals surface area (Å²) in [6.45, 7) is 7.18. The van der Waals surface area contributed by atoms with Crippen LogP contribution in [0.15, 0.2) is 36.4 Å². The first kappa shape index (κ1) is 11.2. The summed E-state index contributed by atoms with van der Waals surface area (Å²) in [5.74, 6) is 0. The van der Waals surface area contributed by atoms with Crippen molar-refractivity contribution in [2.75, 3.05) is 6.54 Å². The first-order valence-corrected chi connectivity index (χ1v) is 5.74. The summed E-state index contributed by atoms with van der Waals surface area (Å²) in [6, 6.07) is 13.1. The van der Waals surface area contributed by atoms with E-state index in [4.69, 9.17) is 5.73 Å². The van der Waals surface area contributed by atoms with E-state index in [0.717, 1.165) is 0 Å². The highest BCUT2D eigenvalue weighted by atomic mass is 14.6. The molecule has 0 unspecified atom stereocenters. The van der Waals surface area contributed by atoms with Crippen molar-refractivity contribution in [3.05, 3.63) is 47.5 Å². The molecule has 1 heteroatoms. The first-order chi connectivity index (χ1) is 7.54. The van der Waals surface area contributed by atoms with Gasteiger partial charge >= 0.3 is 0 Å². The molecule has 0 aromatic heterocycles. The molecule has 0 saturated carbocycles. The lowest BCUT2D eigenvalue weighted by molar-refractivity contribution is 0.544. The largest absolute Gasteiger partial charge is 0.330 e. The van der Waals surface area contributed by atoms with Gasteiger partial charge in [-0.3, -0.25) is 0 Å². The van der Waals surface area contributed by atoms with E-state index in [1.807, 2.05) is 0 Å². The van der Waals surface area contributed by atoms with Gasteiger partial charge in [-0.05, 0) is 23.3 Å². The number of hydrogen-bond donors (Lipinski definition) is 1. The molecule has 1 nitrogen and oxygen atoms in total. The molecule has 0 atom stereocenters. The van der Waals surface area contributed by atoms with Crippen molar-refractivity contribution in [2.45, 2.75) is 26.2 Å². The summed E-state index contributed by atoms with van der Waals surface area (Å²) < 4.78 is 0. The molecule has 84 valence electrons. The lowest BCUT2D eigenvalue weighted by atomic mass is 9.82. The summed E-state index contributed by atoms with van der Waals surface area (Å²) >= 11 is 0. The monoisotopic (exact) mass is 213 g/mol. The van der Waals surface area contributed by atoms with Crippen molar-refractivity contribution in [3.63, 3.8) is 0 Å². The van der Waals surface area contributed by atoms with Gasteiger partial charge in [-0.2, -0.15) is 0 Å². The van der Waals surface area contributed by atoms with Crippen molar-refractivity contribution < 1.29 is 0 Å². The Balaban J connectivity index is 2.72. The van der Waals surface area contributed by atoms with E-state index < -0.39 is 0 Å². The van der Waals surface area contributed by atoms with Crippen molar-refractivity contribution in [2.24, 2.45) is 5.73 Å². The Labute approximate surface area is 97.3 Å². The minimum absolute atomic E-state index is 0.0365. The molecule has 2 rings (SSSR count). The van der Waals surface area contributed by atoms with Crippen LogP contribution >= 0.6 is 0 Å². The maximum Gasteiger partial charge on any atom is 0.00252 e. The van der Waals surface area contributed by atoms with Crippen molar-refractivity contribution in [3.8, 4) is 0 Å². The third-order valence-corrected chi connectivity index (χ3v) is 3.28. The van der Waals surface area contributed by atoms with Gasteiger partial charge in [-0.1, -0.05) is 55.8 Å². The van der Waals surface area contributed by atoms with E-state index >= 15 is 0 Å². The van der Waals surface area contributed by atoms with Gasteiger partial charge in [-0.25, -0.2) is 0 Å². The van der Waals surface area contributed by atoms with Crippen LogP contribution in [0.25, 0.3) is 10.8 Å². The van der Waals surface area contributed by atoms with Crippen molar-refractivity contribution in [1.29, 1.82) is 0 Å². The Kier molecular flexibility index (Phi) is 2.73. The highest BCUT2D eigenvalue weighted by Gasteiger charge is 2.20. The van der Waals surface area contributed by atoms with E-state index in [1.165, 1.54) is 21.9 Å². The molecular formula is C15H19N. The van der Waals surface area contributed by atoms with Crippen LogP contribution in [-0.2, 0) is 5.41 Å². The number of fused-ring (bicyclic) bond motifs is 1.